The molecule has 0 atom stereocenters. The topological polar surface area (TPSA) is 54.6 Å². The van der Waals surface area contributed by atoms with Crippen LogP contribution in [0.15, 0.2) is 24.3 Å². The predicted octanol–water partition coefficient (Wildman–Crippen LogP) is 1.65. The van der Waals surface area contributed by atoms with Crippen LogP contribution in [0.2, 0.25) is 0 Å². The summed E-state index contributed by atoms with van der Waals surface area (Å²) in [5.41, 5.74) is 1.51. The first-order valence-electron chi connectivity index (χ1n) is 6.32. The van der Waals surface area contributed by atoms with Crippen LogP contribution in [-0.2, 0) is 4.74 Å². The van der Waals surface area contributed by atoms with Crippen LogP contribution >= 0.6 is 0 Å². The molecular formula is C14H16N2O3. The monoisotopic (exact) mass is 260 g/mol. The van der Waals surface area contributed by atoms with Crippen LogP contribution in [0.3, 0.4) is 0 Å². The number of hydrogen-bond acceptors (Lipinski definition) is 3. The van der Waals surface area contributed by atoms with Crippen molar-refractivity contribution in [2.75, 3.05) is 33.4 Å². The molecule has 1 N–H and O–H groups in total. The average molecular weight is 260 g/mol. The zero-order valence-electron chi connectivity index (χ0n) is 10.8. The Morgan fingerprint density at radius 3 is 2.89 bits per heavy atom. The van der Waals surface area contributed by atoms with Gasteiger partial charge in [-0.25, -0.2) is 0 Å². The Labute approximate surface area is 111 Å². The summed E-state index contributed by atoms with van der Waals surface area (Å²) in [6.45, 7) is 2.50. The second-order valence-electron chi connectivity index (χ2n) is 4.51. The minimum absolute atomic E-state index is 0.0153. The first-order chi connectivity index (χ1) is 9.29. The highest BCUT2D eigenvalue weighted by Crippen LogP contribution is 2.26. The average Bonchev–Trinajstić information content (AvgIpc) is 2.91. The third kappa shape index (κ3) is 2.17. The fourth-order valence-electron chi connectivity index (χ4n) is 2.36. The molecule has 0 unspecified atom stereocenters. The smallest absolute Gasteiger partial charge is 0.270 e. The molecule has 1 aromatic carbocycles. The zero-order chi connectivity index (χ0) is 13.2. The van der Waals surface area contributed by atoms with Crippen LogP contribution in [0.1, 0.15) is 10.5 Å². The van der Waals surface area contributed by atoms with Crippen molar-refractivity contribution in [3.63, 3.8) is 0 Å². The second-order valence-corrected chi connectivity index (χ2v) is 4.51. The van der Waals surface area contributed by atoms with Gasteiger partial charge in [0.05, 0.1) is 20.3 Å². The van der Waals surface area contributed by atoms with E-state index in [1.807, 2.05) is 24.3 Å². The SMILES string of the molecule is COc1cccc2[nH]c(C(=O)N3CCOCC3)cc12. The zero-order valence-corrected chi connectivity index (χ0v) is 10.8. The molecule has 1 aliphatic rings. The summed E-state index contributed by atoms with van der Waals surface area (Å²) in [4.78, 5) is 17.3. The van der Waals surface area contributed by atoms with Gasteiger partial charge in [0.25, 0.3) is 5.91 Å². The van der Waals surface area contributed by atoms with E-state index in [1.165, 1.54) is 0 Å². The van der Waals surface area contributed by atoms with Crippen molar-refractivity contribution in [1.29, 1.82) is 0 Å². The lowest BCUT2D eigenvalue weighted by Crippen LogP contribution is -2.40. The summed E-state index contributed by atoms with van der Waals surface area (Å²) in [6.07, 6.45) is 0. The van der Waals surface area contributed by atoms with E-state index in [0.717, 1.165) is 16.7 Å². The Balaban J connectivity index is 1.94. The van der Waals surface area contributed by atoms with Crippen molar-refractivity contribution in [3.8, 4) is 5.75 Å². The number of hydrogen-bond donors (Lipinski definition) is 1. The fraction of sp³-hybridized carbons (Fsp3) is 0.357. The molecule has 1 aromatic heterocycles. The Hall–Kier alpha value is -2.01. The van der Waals surface area contributed by atoms with Crippen molar-refractivity contribution in [2.45, 2.75) is 0 Å². The van der Waals surface area contributed by atoms with Crippen LogP contribution in [0.5, 0.6) is 5.75 Å². The molecule has 0 radical (unpaired) electrons. The number of carbonyl (C=O) groups excluding carboxylic acids is 1. The van der Waals surface area contributed by atoms with E-state index in [2.05, 4.69) is 4.98 Å². The number of aromatic amines is 1. The van der Waals surface area contributed by atoms with Gasteiger partial charge < -0.3 is 19.4 Å². The van der Waals surface area contributed by atoms with Crippen molar-refractivity contribution in [2.24, 2.45) is 0 Å². The highest BCUT2D eigenvalue weighted by molar-refractivity contribution is 5.99. The molecule has 0 spiro atoms. The number of rotatable bonds is 2. The molecule has 5 heteroatoms. The largest absolute Gasteiger partial charge is 0.496 e. The maximum atomic E-state index is 12.4. The maximum Gasteiger partial charge on any atom is 0.270 e. The number of carbonyl (C=O) groups is 1. The van der Waals surface area contributed by atoms with Gasteiger partial charge in [-0.05, 0) is 18.2 Å². The Morgan fingerprint density at radius 2 is 2.16 bits per heavy atom. The number of ether oxygens (including phenoxy) is 2. The molecule has 2 heterocycles. The van der Waals surface area contributed by atoms with Gasteiger partial charge >= 0.3 is 0 Å². The van der Waals surface area contributed by atoms with Crippen molar-refractivity contribution in [3.05, 3.63) is 30.0 Å². The molecule has 1 aliphatic heterocycles. The molecule has 0 bridgehead atoms. The van der Waals surface area contributed by atoms with Crippen molar-refractivity contribution < 1.29 is 14.3 Å². The number of aromatic nitrogens is 1. The molecule has 1 amide bonds. The van der Waals surface area contributed by atoms with Gasteiger partial charge in [-0.1, -0.05) is 6.07 Å². The lowest BCUT2D eigenvalue weighted by molar-refractivity contribution is 0.0299. The van der Waals surface area contributed by atoms with E-state index in [4.69, 9.17) is 9.47 Å². The highest BCUT2D eigenvalue weighted by atomic mass is 16.5. The molecule has 1 fully saturated rings. The number of fused-ring (bicyclic) bond motifs is 1. The molecule has 0 aliphatic carbocycles. The predicted molar refractivity (Wildman–Crippen MR) is 71.6 cm³/mol. The van der Waals surface area contributed by atoms with E-state index in [0.29, 0.717) is 32.0 Å². The van der Waals surface area contributed by atoms with Gasteiger partial charge in [0, 0.05) is 24.0 Å². The molecule has 100 valence electrons. The van der Waals surface area contributed by atoms with Crippen LogP contribution in [0.4, 0.5) is 0 Å². The van der Waals surface area contributed by atoms with E-state index in [9.17, 15) is 4.79 Å². The normalized spacial score (nSPS) is 15.7. The molecule has 5 nitrogen and oxygen atoms in total. The Morgan fingerprint density at radius 1 is 1.37 bits per heavy atom. The van der Waals surface area contributed by atoms with E-state index in [1.54, 1.807) is 12.0 Å². The van der Waals surface area contributed by atoms with Gasteiger partial charge in [0.15, 0.2) is 0 Å². The standard InChI is InChI=1S/C14H16N2O3/c1-18-13-4-2-3-11-10(13)9-12(15-11)14(17)16-5-7-19-8-6-16/h2-4,9,15H,5-8H2,1H3. The van der Waals surface area contributed by atoms with Gasteiger partial charge in [-0.3, -0.25) is 4.79 Å². The third-order valence-corrected chi connectivity index (χ3v) is 3.37. The summed E-state index contributed by atoms with van der Waals surface area (Å²) >= 11 is 0. The van der Waals surface area contributed by atoms with Crippen LogP contribution < -0.4 is 4.74 Å². The minimum atomic E-state index is 0.0153. The molecule has 3 rings (SSSR count). The van der Waals surface area contributed by atoms with Crippen molar-refractivity contribution in [1.82, 2.24) is 9.88 Å². The number of amides is 1. The van der Waals surface area contributed by atoms with E-state index < -0.39 is 0 Å². The van der Waals surface area contributed by atoms with Crippen LogP contribution in [0.25, 0.3) is 10.9 Å². The minimum Gasteiger partial charge on any atom is -0.496 e. The van der Waals surface area contributed by atoms with Gasteiger partial charge in [0.2, 0.25) is 0 Å². The third-order valence-electron chi connectivity index (χ3n) is 3.37. The number of morpholine rings is 1. The van der Waals surface area contributed by atoms with E-state index >= 15 is 0 Å². The second kappa shape index (κ2) is 4.93. The summed E-state index contributed by atoms with van der Waals surface area (Å²) in [5.74, 6) is 0.788. The lowest BCUT2D eigenvalue weighted by atomic mass is 10.2. The quantitative estimate of drug-likeness (QED) is 0.893. The maximum absolute atomic E-state index is 12.4. The molecular weight excluding hydrogens is 244 g/mol. The van der Waals surface area contributed by atoms with Gasteiger partial charge in [0.1, 0.15) is 11.4 Å². The van der Waals surface area contributed by atoms with Crippen LogP contribution in [0, 0.1) is 0 Å². The molecule has 2 aromatic rings. The first kappa shape index (κ1) is 12.0. The lowest BCUT2D eigenvalue weighted by Gasteiger charge is -2.26. The number of nitrogens with one attached hydrogen (secondary N) is 1. The summed E-state index contributed by atoms with van der Waals surface area (Å²) in [7, 11) is 1.63. The van der Waals surface area contributed by atoms with Gasteiger partial charge in [-0.15, -0.1) is 0 Å². The number of nitrogens with zero attached hydrogens (tertiary/aromatic N) is 1. The summed E-state index contributed by atoms with van der Waals surface area (Å²) < 4.78 is 10.6. The summed E-state index contributed by atoms with van der Waals surface area (Å²) in [6, 6.07) is 7.58. The molecule has 19 heavy (non-hydrogen) atoms. The summed E-state index contributed by atoms with van der Waals surface area (Å²) in [5, 5.41) is 0.932. The molecule has 0 saturated carbocycles. The molecule has 1 saturated heterocycles. The Bertz CT molecular complexity index is 600. The number of H-pyrrole nitrogens is 1. The first-order valence-corrected chi connectivity index (χ1v) is 6.32. The van der Waals surface area contributed by atoms with E-state index in [-0.39, 0.29) is 5.91 Å². The van der Waals surface area contributed by atoms with Crippen LogP contribution in [-0.4, -0.2) is 49.2 Å². The number of methoxy groups -OCH3 is 1. The number of benzene rings is 1. The fourth-order valence-corrected chi connectivity index (χ4v) is 2.36. The van der Waals surface area contributed by atoms with Gasteiger partial charge in [-0.2, -0.15) is 0 Å². The highest BCUT2D eigenvalue weighted by Gasteiger charge is 2.20. The Kier molecular flexibility index (Phi) is 3.13. The van der Waals surface area contributed by atoms with Crippen molar-refractivity contribution >= 4 is 16.8 Å².